The molecule has 0 fully saturated rings. The van der Waals surface area contributed by atoms with Crippen LogP contribution in [0, 0.1) is 11.3 Å². The van der Waals surface area contributed by atoms with Gasteiger partial charge in [0, 0.05) is 17.1 Å². The van der Waals surface area contributed by atoms with Crippen molar-refractivity contribution in [3.05, 3.63) is 100 Å². The van der Waals surface area contributed by atoms with Crippen molar-refractivity contribution in [1.82, 2.24) is 5.32 Å². The lowest BCUT2D eigenvalue weighted by Crippen LogP contribution is -2.31. The number of carbonyl (C=O) groups excluding carboxylic acids is 2. The Kier molecular flexibility index (Phi) is 8.81. The summed E-state index contributed by atoms with van der Waals surface area (Å²) in [7, 11) is -3.93. The van der Waals surface area contributed by atoms with Crippen LogP contribution in [-0.4, -0.2) is 26.0 Å². The lowest BCUT2D eigenvalue weighted by molar-refractivity contribution is -0.137. The standard InChI is InChI=1S/C27H22F3N5O5S2/c1-15-23(25(37)35-17-7-9-19(10-8-17)42(32,38)39)24(21-6-3-11-40-21)20(13-31)26(33-15)41-14-22(36)34-18-5-2-4-16(12-18)27(28,29)30/h2-12,24,33H,14H2,1H3,(H,34,36)(H,35,37)(H2,32,38,39)/t24-/m1/s1. The zero-order chi connectivity index (χ0) is 30.7. The van der Waals surface area contributed by atoms with Crippen LogP contribution in [0.25, 0.3) is 0 Å². The maximum absolute atomic E-state index is 13.4. The van der Waals surface area contributed by atoms with Gasteiger partial charge in [0.25, 0.3) is 5.91 Å². The Morgan fingerprint density at radius 1 is 1.10 bits per heavy atom. The first-order valence-electron chi connectivity index (χ1n) is 12.0. The highest BCUT2D eigenvalue weighted by Crippen LogP contribution is 2.41. The van der Waals surface area contributed by atoms with E-state index in [-0.39, 0.29) is 44.0 Å². The summed E-state index contributed by atoms with van der Waals surface area (Å²) in [6, 6.07) is 14.6. The predicted octanol–water partition coefficient (Wildman–Crippen LogP) is 4.65. The molecule has 2 amide bonds. The van der Waals surface area contributed by atoms with Crippen molar-refractivity contribution < 1.29 is 35.6 Å². The Balaban J connectivity index is 1.55. The maximum Gasteiger partial charge on any atom is 0.416 e. The molecule has 0 unspecified atom stereocenters. The Morgan fingerprint density at radius 3 is 2.40 bits per heavy atom. The number of nitrogens with one attached hydrogen (secondary N) is 3. The van der Waals surface area contributed by atoms with E-state index >= 15 is 0 Å². The molecule has 218 valence electrons. The second-order valence-corrected chi connectivity index (χ2v) is 11.5. The second-order valence-electron chi connectivity index (χ2n) is 8.91. The summed E-state index contributed by atoms with van der Waals surface area (Å²) in [6.45, 7) is 1.59. The minimum Gasteiger partial charge on any atom is -0.468 e. The molecule has 0 aliphatic carbocycles. The smallest absolute Gasteiger partial charge is 0.416 e. The van der Waals surface area contributed by atoms with Gasteiger partial charge >= 0.3 is 6.18 Å². The van der Waals surface area contributed by atoms with Crippen LogP contribution in [0.5, 0.6) is 0 Å². The summed E-state index contributed by atoms with van der Waals surface area (Å²) in [5, 5.41) is 23.5. The summed E-state index contributed by atoms with van der Waals surface area (Å²) in [6.07, 6.45) is -3.20. The van der Waals surface area contributed by atoms with Crippen LogP contribution in [0.15, 0.2) is 98.1 Å². The fourth-order valence-corrected chi connectivity index (χ4v) is 5.51. The first-order valence-corrected chi connectivity index (χ1v) is 14.5. The van der Waals surface area contributed by atoms with Crippen LogP contribution in [0.4, 0.5) is 24.5 Å². The number of allylic oxidation sites excluding steroid dienone is 2. The van der Waals surface area contributed by atoms with Gasteiger partial charge in [0.05, 0.1) is 50.6 Å². The fraction of sp³-hybridized carbons (Fsp3) is 0.148. The van der Waals surface area contributed by atoms with E-state index in [9.17, 15) is 36.4 Å². The molecule has 15 heteroatoms. The molecule has 1 atom stereocenters. The molecule has 0 bridgehead atoms. The number of nitrogens with zero attached hydrogens (tertiary/aromatic N) is 1. The third kappa shape index (κ3) is 7.03. The summed E-state index contributed by atoms with van der Waals surface area (Å²) in [5.74, 6) is -2.19. The first-order chi connectivity index (χ1) is 19.8. The van der Waals surface area contributed by atoms with E-state index in [1.807, 2.05) is 0 Å². The fourth-order valence-electron chi connectivity index (χ4n) is 4.10. The lowest BCUT2D eigenvalue weighted by Gasteiger charge is -2.28. The summed E-state index contributed by atoms with van der Waals surface area (Å²) < 4.78 is 67.6. The highest BCUT2D eigenvalue weighted by atomic mass is 32.2. The van der Waals surface area contributed by atoms with Crippen molar-refractivity contribution in [2.75, 3.05) is 16.4 Å². The summed E-state index contributed by atoms with van der Waals surface area (Å²) in [4.78, 5) is 25.9. The van der Waals surface area contributed by atoms with Gasteiger partial charge in [0.1, 0.15) is 5.76 Å². The lowest BCUT2D eigenvalue weighted by atomic mass is 9.85. The maximum atomic E-state index is 13.4. The molecule has 10 nitrogen and oxygen atoms in total. The van der Waals surface area contributed by atoms with Gasteiger partial charge in [-0.25, -0.2) is 13.6 Å². The molecule has 2 aromatic carbocycles. The number of furan rings is 1. The molecule has 0 saturated heterocycles. The van der Waals surface area contributed by atoms with E-state index in [1.54, 1.807) is 19.1 Å². The first kappa shape index (κ1) is 30.4. The van der Waals surface area contributed by atoms with Crippen molar-refractivity contribution in [1.29, 1.82) is 5.26 Å². The van der Waals surface area contributed by atoms with Gasteiger partial charge in [-0.1, -0.05) is 17.8 Å². The van der Waals surface area contributed by atoms with Gasteiger partial charge in [-0.15, -0.1) is 0 Å². The second kappa shape index (κ2) is 12.1. The van der Waals surface area contributed by atoms with Gasteiger partial charge < -0.3 is 20.4 Å². The number of thioether (sulfide) groups is 1. The van der Waals surface area contributed by atoms with Gasteiger partial charge in [-0.2, -0.15) is 18.4 Å². The number of alkyl halides is 3. The molecular weight excluding hydrogens is 595 g/mol. The number of hydrogen-bond donors (Lipinski definition) is 4. The number of carbonyl (C=O) groups is 2. The number of primary sulfonamides is 1. The van der Waals surface area contributed by atoms with Crippen LogP contribution in [0.1, 0.15) is 24.2 Å². The summed E-state index contributed by atoms with van der Waals surface area (Å²) in [5.41, 5.74) is -0.140. The van der Waals surface area contributed by atoms with Crippen molar-refractivity contribution in [2.24, 2.45) is 5.14 Å². The zero-order valence-corrected chi connectivity index (χ0v) is 23.3. The zero-order valence-electron chi connectivity index (χ0n) is 21.7. The van der Waals surface area contributed by atoms with Gasteiger partial charge in [-0.3, -0.25) is 9.59 Å². The predicted molar refractivity (Wildman–Crippen MR) is 149 cm³/mol. The van der Waals surface area contributed by atoms with E-state index in [4.69, 9.17) is 9.56 Å². The third-order valence-electron chi connectivity index (χ3n) is 5.98. The van der Waals surface area contributed by atoms with Crippen LogP contribution in [0.2, 0.25) is 0 Å². The Bertz CT molecular complexity index is 1730. The number of halogens is 3. The van der Waals surface area contributed by atoms with E-state index < -0.39 is 39.5 Å². The molecule has 1 aliphatic heterocycles. The largest absolute Gasteiger partial charge is 0.468 e. The minimum atomic E-state index is -4.57. The normalized spacial score (nSPS) is 15.6. The number of amides is 2. The number of dihydropyridines is 1. The van der Waals surface area contributed by atoms with Crippen molar-refractivity contribution in [3.8, 4) is 6.07 Å². The molecule has 5 N–H and O–H groups in total. The molecule has 1 aromatic heterocycles. The van der Waals surface area contributed by atoms with Crippen molar-refractivity contribution >= 4 is 45.0 Å². The number of anilines is 2. The summed E-state index contributed by atoms with van der Waals surface area (Å²) >= 11 is 0.929. The average Bonchev–Trinajstić information content (AvgIpc) is 3.45. The van der Waals surface area contributed by atoms with E-state index in [2.05, 4.69) is 22.0 Å². The highest BCUT2D eigenvalue weighted by molar-refractivity contribution is 8.03. The number of sulfonamides is 1. The Morgan fingerprint density at radius 2 is 1.81 bits per heavy atom. The molecule has 4 rings (SSSR count). The third-order valence-corrected chi connectivity index (χ3v) is 7.93. The van der Waals surface area contributed by atoms with Crippen LogP contribution < -0.4 is 21.1 Å². The SMILES string of the molecule is CC1=C(C(=O)Nc2ccc(S(N)(=O)=O)cc2)[C@@H](c2ccco2)C(C#N)=C(SCC(=O)Nc2cccc(C(F)(F)F)c2)N1. The van der Waals surface area contributed by atoms with E-state index in [0.29, 0.717) is 5.70 Å². The Hall–Kier alpha value is -4.52. The topological polar surface area (TPSA) is 167 Å². The quantitative estimate of drug-likeness (QED) is 0.283. The number of nitrogens with two attached hydrogens (primary N) is 1. The number of rotatable bonds is 8. The molecular formula is C27H22F3N5O5S2. The molecule has 42 heavy (non-hydrogen) atoms. The molecule has 3 aromatic rings. The van der Waals surface area contributed by atoms with E-state index in [0.717, 1.165) is 23.9 Å². The average molecular weight is 618 g/mol. The van der Waals surface area contributed by atoms with Crippen molar-refractivity contribution in [2.45, 2.75) is 23.9 Å². The minimum absolute atomic E-state index is 0.0397. The molecule has 0 spiro atoms. The number of nitriles is 1. The monoisotopic (exact) mass is 617 g/mol. The molecule has 1 aliphatic rings. The van der Waals surface area contributed by atoms with Crippen LogP contribution >= 0.6 is 11.8 Å². The van der Waals surface area contributed by atoms with Crippen LogP contribution in [0.3, 0.4) is 0 Å². The highest BCUT2D eigenvalue weighted by Gasteiger charge is 2.36. The van der Waals surface area contributed by atoms with Gasteiger partial charge in [0.2, 0.25) is 15.9 Å². The molecule has 2 heterocycles. The van der Waals surface area contributed by atoms with Gasteiger partial charge in [0.15, 0.2) is 0 Å². The molecule has 0 saturated carbocycles. The molecule has 0 radical (unpaired) electrons. The van der Waals surface area contributed by atoms with Gasteiger partial charge in [-0.05, 0) is 61.5 Å². The van der Waals surface area contributed by atoms with Crippen LogP contribution in [-0.2, 0) is 25.8 Å². The number of hydrogen-bond acceptors (Lipinski definition) is 8. The van der Waals surface area contributed by atoms with E-state index in [1.165, 1.54) is 42.7 Å². The van der Waals surface area contributed by atoms with Crippen molar-refractivity contribution in [3.63, 3.8) is 0 Å². The number of benzene rings is 2. The Labute approximate surface area is 242 Å².